The SMILES string of the molecule is COCCNC(=O)c1cccc(-c2cccc3cc(COc4cccc(C(F)(F)F)c4)sc23)c1. The zero-order chi connectivity index (χ0) is 24.1. The van der Waals surface area contributed by atoms with Gasteiger partial charge in [-0.2, -0.15) is 13.2 Å². The van der Waals surface area contributed by atoms with Crippen LogP contribution < -0.4 is 10.1 Å². The van der Waals surface area contributed by atoms with Gasteiger partial charge < -0.3 is 14.8 Å². The van der Waals surface area contributed by atoms with Gasteiger partial charge in [0.15, 0.2) is 0 Å². The van der Waals surface area contributed by atoms with E-state index < -0.39 is 11.7 Å². The van der Waals surface area contributed by atoms with Crippen LogP contribution in [0.2, 0.25) is 0 Å². The number of alkyl halides is 3. The predicted octanol–water partition coefficient (Wildman–Crippen LogP) is 6.54. The molecule has 4 rings (SSSR count). The van der Waals surface area contributed by atoms with Gasteiger partial charge in [0.1, 0.15) is 12.4 Å². The number of methoxy groups -OCH3 is 1. The minimum absolute atomic E-state index is 0.155. The second kappa shape index (κ2) is 10.3. The molecule has 0 fully saturated rings. The third-order valence-corrected chi connectivity index (χ3v) is 6.32. The molecule has 0 atom stereocenters. The quantitative estimate of drug-likeness (QED) is 0.288. The molecule has 0 aliphatic rings. The van der Waals surface area contributed by atoms with E-state index in [0.29, 0.717) is 18.7 Å². The van der Waals surface area contributed by atoms with E-state index in [9.17, 15) is 18.0 Å². The maximum Gasteiger partial charge on any atom is 0.416 e. The number of hydrogen-bond acceptors (Lipinski definition) is 4. The summed E-state index contributed by atoms with van der Waals surface area (Å²) in [6.07, 6.45) is -4.42. The second-order valence-electron chi connectivity index (χ2n) is 7.58. The number of fused-ring (bicyclic) bond motifs is 1. The second-order valence-corrected chi connectivity index (χ2v) is 8.72. The summed E-state index contributed by atoms with van der Waals surface area (Å²) < 4.78 is 50.5. The fourth-order valence-corrected chi connectivity index (χ4v) is 4.63. The zero-order valence-corrected chi connectivity index (χ0v) is 19.1. The first-order chi connectivity index (χ1) is 16.3. The van der Waals surface area contributed by atoms with Crippen LogP contribution in [0.25, 0.3) is 21.2 Å². The molecule has 1 aromatic heterocycles. The fourth-order valence-electron chi connectivity index (χ4n) is 3.53. The Morgan fingerprint density at radius 2 is 1.79 bits per heavy atom. The molecule has 0 bridgehead atoms. The van der Waals surface area contributed by atoms with Crippen molar-refractivity contribution in [3.05, 3.63) is 88.8 Å². The molecule has 0 spiro atoms. The van der Waals surface area contributed by atoms with Crippen molar-refractivity contribution in [1.29, 1.82) is 0 Å². The Morgan fingerprint density at radius 1 is 1.00 bits per heavy atom. The van der Waals surface area contributed by atoms with Crippen molar-refractivity contribution < 1.29 is 27.4 Å². The highest BCUT2D eigenvalue weighted by Gasteiger charge is 2.30. The van der Waals surface area contributed by atoms with Gasteiger partial charge in [-0.15, -0.1) is 11.3 Å². The van der Waals surface area contributed by atoms with Gasteiger partial charge in [0.2, 0.25) is 0 Å². The summed E-state index contributed by atoms with van der Waals surface area (Å²) in [6.45, 7) is 1.02. The molecule has 176 valence electrons. The van der Waals surface area contributed by atoms with Crippen LogP contribution in [-0.2, 0) is 17.5 Å². The molecule has 34 heavy (non-hydrogen) atoms. The smallest absolute Gasteiger partial charge is 0.416 e. The van der Waals surface area contributed by atoms with Gasteiger partial charge in [-0.05, 0) is 52.9 Å². The number of ether oxygens (including phenoxy) is 2. The number of carbonyl (C=O) groups is 1. The Hall–Kier alpha value is -3.36. The van der Waals surface area contributed by atoms with E-state index in [0.717, 1.165) is 38.2 Å². The van der Waals surface area contributed by atoms with Crippen LogP contribution >= 0.6 is 11.3 Å². The Kier molecular flexibility index (Phi) is 7.19. The van der Waals surface area contributed by atoms with Crippen LogP contribution in [0.15, 0.2) is 72.8 Å². The predicted molar refractivity (Wildman–Crippen MR) is 127 cm³/mol. The summed E-state index contributed by atoms with van der Waals surface area (Å²) in [7, 11) is 1.58. The van der Waals surface area contributed by atoms with Crippen molar-refractivity contribution in [2.24, 2.45) is 0 Å². The lowest BCUT2D eigenvalue weighted by atomic mass is 10.0. The van der Waals surface area contributed by atoms with Gasteiger partial charge in [-0.1, -0.05) is 36.4 Å². The normalized spacial score (nSPS) is 11.5. The standard InChI is InChI=1S/C26H22F3NO3S/c1-32-12-11-30-25(31)19-7-2-5-17(13-19)23-10-3-6-18-14-22(34-24(18)23)16-33-21-9-4-8-20(15-21)26(27,28)29/h2-10,13-15H,11-12,16H2,1H3,(H,30,31). The van der Waals surface area contributed by atoms with Gasteiger partial charge in [0.25, 0.3) is 5.91 Å². The number of carbonyl (C=O) groups excluding carboxylic acids is 1. The lowest BCUT2D eigenvalue weighted by molar-refractivity contribution is -0.137. The van der Waals surface area contributed by atoms with Crippen molar-refractivity contribution in [3.63, 3.8) is 0 Å². The average Bonchev–Trinajstić information content (AvgIpc) is 3.26. The molecule has 1 heterocycles. The average molecular weight is 486 g/mol. The molecular weight excluding hydrogens is 463 g/mol. The minimum Gasteiger partial charge on any atom is -0.488 e. The maximum absolute atomic E-state index is 12.9. The van der Waals surface area contributed by atoms with E-state index >= 15 is 0 Å². The van der Waals surface area contributed by atoms with Crippen molar-refractivity contribution in [2.75, 3.05) is 20.3 Å². The van der Waals surface area contributed by atoms with Gasteiger partial charge in [-0.3, -0.25) is 4.79 Å². The third kappa shape index (κ3) is 5.58. The van der Waals surface area contributed by atoms with Gasteiger partial charge in [0.05, 0.1) is 12.2 Å². The molecule has 3 aromatic carbocycles. The molecule has 0 radical (unpaired) electrons. The number of rotatable bonds is 8. The van der Waals surface area contributed by atoms with Crippen LogP contribution in [0.4, 0.5) is 13.2 Å². The van der Waals surface area contributed by atoms with E-state index in [-0.39, 0.29) is 18.3 Å². The van der Waals surface area contributed by atoms with Crippen molar-refractivity contribution in [3.8, 4) is 16.9 Å². The number of amides is 1. The number of halogens is 3. The molecule has 0 unspecified atom stereocenters. The van der Waals surface area contributed by atoms with E-state index in [1.54, 1.807) is 13.2 Å². The largest absolute Gasteiger partial charge is 0.488 e. The first kappa shape index (κ1) is 23.8. The Balaban J connectivity index is 1.55. The molecule has 1 N–H and O–H groups in total. The maximum atomic E-state index is 12.9. The van der Waals surface area contributed by atoms with Crippen LogP contribution in [0.1, 0.15) is 20.8 Å². The summed E-state index contributed by atoms with van der Waals surface area (Å²) in [5.41, 5.74) is 1.68. The van der Waals surface area contributed by atoms with E-state index in [2.05, 4.69) is 5.32 Å². The lowest BCUT2D eigenvalue weighted by Gasteiger charge is -2.09. The molecule has 0 saturated heterocycles. The molecule has 4 aromatic rings. The summed E-state index contributed by atoms with van der Waals surface area (Å²) in [5.74, 6) is -0.00729. The molecule has 0 saturated carbocycles. The number of benzene rings is 3. The number of nitrogens with one attached hydrogen (secondary N) is 1. The lowest BCUT2D eigenvalue weighted by Crippen LogP contribution is -2.26. The first-order valence-corrected chi connectivity index (χ1v) is 11.4. The summed E-state index contributed by atoms with van der Waals surface area (Å²) >= 11 is 1.51. The van der Waals surface area contributed by atoms with E-state index in [1.165, 1.54) is 23.5 Å². The van der Waals surface area contributed by atoms with Gasteiger partial charge >= 0.3 is 6.18 Å². The van der Waals surface area contributed by atoms with Crippen molar-refractivity contribution >= 4 is 27.3 Å². The molecule has 0 aliphatic heterocycles. The molecular formula is C26H22F3NO3S. The Bertz CT molecular complexity index is 1300. The third-order valence-electron chi connectivity index (χ3n) is 5.17. The fraction of sp³-hybridized carbons (Fsp3) is 0.192. The van der Waals surface area contributed by atoms with Gasteiger partial charge in [-0.25, -0.2) is 0 Å². The topological polar surface area (TPSA) is 47.6 Å². The monoisotopic (exact) mass is 485 g/mol. The Morgan fingerprint density at radius 3 is 2.59 bits per heavy atom. The minimum atomic E-state index is -4.42. The number of hydrogen-bond donors (Lipinski definition) is 1. The van der Waals surface area contributed by atoms with Crippen LogP contribution in [0.5, 0.6) is 5.75 Å². The first-order valence-electron chi connectivity index (χ1n) is 10.5. The summed E-state index contributed by atoms with van der Waals surface area (Å²) in [5, 5.41) is 3.82. The molecule has 8 heteroatoms. The molecule has 0 aliphatic carbocycles. The van der Waals surface area contributed by atoms with Crippen molar-refractivity contribution in [1.82, 2.24) is 5.32 Å². The van der Waals surface area contributed by atoms with E-state index in [1.807, 2.05) is 42.5 Å². The highest BCUT2D eigenvalue weighted by Crippen LogP contribution is 2.36. The molecule has 1 amide bonds. The van der Waals surface area contributed by atoms with Crippen LogP contribution in [0.3, 0.4) is 0 Å². The van der Waals surface area contributed by atoms with E-state index in [4.69, 9.17) is 9.47 Å². The van der Waals surface area contributed by atoms with Crippen LogP contribution in [-0.4, -0.2) is 26.2 Å². The Labute approximate surface area is 198 Å². The van der Waals surface area contributed by atoms with Crippen molar-refractivity contribution in [2.45, 2.75) is 12.8 Å². The number of thiophene rings is 1. The van der Waals surface area contributed by atoms with Crippen LogP contribution in [0, 0.1) is 0 Å². The zero-order valence-electron chi connectivity index (χ0n) is 18.3. The summed E-state index contributed by atoms with van der Waals surface area (Å²) in [4.78, 5) is 13.3. The highest BCUT2D eigenvalue weighted by atomic mass is 32.1. The summed E-state index contributed by atoms with van der Waals surface area (Å²) in [6, 6.07) is 20.1. The molecule has 4 nitrogen and oxygen atoms in total. The van der Waals surface area contributed by atoms with Gasteiger partial charge in [0, 0.05) is 28.8 Å². The highest BCUT2D eigenvalue weighted by molar-refractivity contribution is 7.19.